The molecule has 2 atom stereocenters. The van der Waals surface area contributed by atoms with Crippen molar-refractivity contribution in [2.24, 2.45) is 5.92 Å². The van der Waals surface area contributed by atoms with Crippen LogP contribution < -0.4 is 0 Å². The van der Waals surface area contributed by atoms with Crippen molar-refractivity contribution in [3.05, 3.63) is 71.8 Å². The highest BCUT2D eigenvalue weighted by molar-refractivity contribution is 5.23. The van der Waals surface area contributed by atoms with Crippen LogP contribution in [0.3, 0.4) is 0 Å². The van der Waals surface area contributed by atoms with E-state index in [4.69, 9.17) is 0 Å². The van der Waals surface area contributed by atoms with Gasteiger partial charge in [-0.05, 0) is 41.7 Å². The summed E-state index contributed by atoms with van der Waals surface area (Å²) in [6, 6.07) is 21.7. The molecule has 2 rings (SSSR count). The van der Waals surface area contributed by atoms with Crippen molar-refractivity contribution in [2.45, 2.75) is 73.1 Å². The molecule has 0 spiro atoms. The summed E-state index contributed by atoms with van der Waals surface area (Å²) in [6.45, 7) is 11.3. The molecule has 0 aromatic heterocycles. The summed E-state index contributed by atoms with van der Waals surface area (Å²) in [5.41, 5.74) is 2.93. The van der Waals surface area contributed by atoms with E-state index in [1.807, 2.05) is 0 Å². The molecule has 0 amide bonds. The average molecular weight is 327 g/mol. The van der Waals surface area contributed by atoms with Crippen LogP contribution in [-0.2, 0) is 0 Å². The molecule has 0 bridgehead atoms. The van der Waals surface area contributed by atoms with Gasteiger partial charge in [0.25, 0.3) is 0 Å². The molecule has 0 N–H and O–H groups in total. The second-order valence-electron chi connectivity index (χ2n) is 6.87. The number of rotatable bonds is 6. The lowest BCUT2D eigenvalue weighted by atomic mass is 9.85. The molecule has 0 saturated heterocycles. The smallest absolute Gasteiger partial charge is 0.0159 e. The molecule has 134 valence electrons. The maximum atomic E-state index is 2.33. The summed E-state index contributed by atoms with van der Waals surface area (Å²) in [5, 5.41) is 0. The van der Waals surface area contributed by atoms with Crippen LogP contribution >= 0.6 is 0 Å². The van der Waals surface area contributed by atoms with Crippen molar-refractivity contribution in [3.63, 3.8) is 0 Å². The Kier molecular flexibility index (Phi) is 12.0. The summed E-state index contributed by atoms with van der Waals surface area (Å²) < 4.78 is 0. The van der Waals surface area contributed by atoms with Crippen LogP contribution in [0.2, 0.25) is 0 Å². The van der Waals surface area contributed by atoms with Gasteiger partial charge in [0.1, 0.15) is 0 Å². The molecule has 0 heteroatoms. The van der Waals surface area contributed by atoms with Crippen LogP contribution in [0.1, 0.15) is 84.3 Å². The second kappa shape index (κ2) is 12.8. The van der Waals surface area contributed by atoms with Gasteiger partial charge in [-0.1, -0.05) is 109 Å². The van der Waals surface area contributed by atoms with Crippen LogP contribution in [0.4, 0.5) is 0 Å². The molecule has 0 aliphatic carbocycles. The zero-order chi connectivity index (χ0) is 17.1. The van der Waals surface area contributed by atoms with Gasteiger partial charge in [-0.25, -0.2) is 0 Å². The molecule has 24 heavy (non-hydrogen) atoms. The first-order valence-electron chi connectivity index (χ1n) is 9.18. The minimum absolute atomic E-state index is 0. The minimum Gasteiger partial charge on any atom is -0.0776 e. The SMILES string of the molecule is C.CCC(C)C.CCC(CC(C)c1ccccc1)c1ccccc1. The molecular formula is C24H38. The molecule has 0 fully saturated rings. The van der Waals surface area contributed by atoms with E-state index in [1.165, 1.54) is 30.4 Å². The van der Waals surface area contributed by atoms with Crippen LogP contribution in [0.25, 0.3) is 0 Å². The molecular weight excluding hydrogens is 288 g/mol. The molecule has 0 radical (unpaired) electrons. The molecule has 0 aliphatic heterocycles. The maximum Gasteiger partial charge on any atom is -0.0159 e. The van der Waals surface area contributed by atoms with Gasteiger partial charge < -0.3 is 0 Å². The lowest BCUT2D eigenvalue weighted by Crippen LogP contribution is -2.03. The van der Waals surface area contributed by atoms with Gasteiger partial charge in [-0.3, -0.25) is 0 Å². The predicted octanol–water partition coefficient (Wildman–Crippen LogP) is 8.06. The number of benzene rings is 2. The molecule has 2 aromatic rings. The van der Waals surface area contributed by atoms with Gasteiger partial charge in [-0.2, -0.15) is 0 Å². The van der Waals surface area contributed by atoms with Crippen molar-refractivity contribution in [3.8, 4) is 0 Å². The topological polar surface area (TPSA) is 0 Å². The van der Waals surface area contributed by atoms with E-state index in [-0.39, 0.29) is 7.43 Å². The average Bonchev–Trinajstić information content (AvgIpc) is 2.61. The molecule has 0 heterocycles. The van der Waals surface area contributed by atoms with Gasteiger partial charge in [0.2, 0.25) is 0 Å². The van der Waals surface area contributed by atoms with Gasteiger partial charge in [0.15, 0.2) is 0 Å². The van der Waals surface area contributed by atoms with Gasteiger partial charge in [0.05, 0.1) is 0 Å². The molecule has 2 unspecified atom stereocenters. The van der Waals surface area contributed by atoms with Crippen LogP contribution in [0, 0.1) is 5.92 Å². The molecule has 0 aliphatic rings. The largest absolute Gasteiger partial charge is 0.0776 e. The third-order valence-electron chi connectivity index (χ3n) is 4.59. The summed E-state index contributed by atoms with van der Waals surface area (Å²) in [5.74, 6) is 2.17. The Morgan fingerprint density at radius 2 is 1.08 bits per heavy atom. The van der Waals surface area contributed by atoms with E-state index in [0.717, 1.165) is 5.92 Å². The molecule has 2 aromatic carbocycles. The van der Waals surface area contributed by atoms with E-state index >= 15 is 0 Å². The number of hydrogen-bond donors (Lipinski definition) is 0. The standard InChI is InChI=1S/C18H22.C5H12.CH4/c1-3-16(18-12-8-5-9-13-18)14-15(2)17-10-6-4-7-11-17;1-4-5(2)3;/h4-13,15-16H,3,14H2,1-2H3;5H,4H2,1-3H3;1H4. The van der Waals surface area contributed by atoms with Crippen molar-refractivity contribution >= 4 is 0 Å². The van der Waals surface area contributed by atoms with Gasteiger partial charge >= 0.3 is 0 Å². The fourth-order valence-corrected chi connectivity index (χ4v) is 2.61. The summed E-state index contributed by atoms with van der Waals surface area (Å²) in [4.78, 5) is 0. The van der Waals surface area contributed by atoms with Crippen molar-refractivity contribution < 1.29 is 0 Å². The molecule has 0 saturated carbocycles. The van der Waals surface area contributed by atoms with Crippen LogP contribution in [0.5, 0.6) is 0 Å². The second-order valence-corrected chi connectivity index (χ2v) is 6.87. The summed E-state index contributed by atoms with van der Waals surface area (Å²) >= 11 is 0. The minimum atomic E-state index is 0. The lowest BCUT2D eigenvalue weighted by molar-refractivity contribution is 0.544. The van der Waals surface area contributed by atoms with E-state index in [2.05, 4.69) is 95.3 Å². The fraction of sp³-hybridized carbons (Fsp3) is 0.500. The Labute approximate surface area is 151 Å². The highest BCUT2D eigenvalue weighted by Crippen LogP contribution is 2.31. The predicted molar refractivity (Wildman–Crippen MR) is 111 cm³/mol. The van der Waals surface area contributed by atoms with E-state index in [9.17, 15) is 0 Å². The first kappa shape index (κ1) is 22.4. The van der Waals surface area contributed by atoms with E-state index in [0.29, 0.717) is 11.8 Å². The lowest BCUT2D eigenvalue weighted by Gasteiger charge is -2.20. The third kappa shape index (κ3) is 8.34. The number of hydrogen-bond acceptors (Lipinski definition) is 0. The Morgan fingerprint density at radius 1 is 0.667 bits per heavy atom. The van der Waals surface area contributed by atoms with Crippen molar-refractivity contribution in [1.29, 1.82) is 0 Å². The normalized spacial score (nSPS) is 12.6. The Morgan fingerprint density at radius 3 is 1.46 bits per heavy atom. The highest BCUT2D eigenvalue weighted by atomic mass is 14.2. The van der Waals surface area contributed by atoms with E-state index < -0.39 is 0 Å². The van der Waals surface area contributed by atoms with Crippen LogP contribution in [-0.4, -0.2) is 0 Å². The van der Waals surface area contributed by atoms with Crippen molar-refractivity contribution in [1.82, 2.24) is 0 Å². The Hall–Kier alpha value is -1.56. The van der Waals surface area contributed by atoms with E-state index in [1.54, 1.807) is 0 Å². The highest BCUT2D eigenvalue weighted by Gasteiger charge is 2.14. The summed E-state index contributed by atoms with van der Waals surface area (Å²) in [6.07, 6.45) is 3.74. The summed E-state index contributed by atoms with van der Waals surface area (Å²) in [7, 11) is 0. The third-order valence-corrected chi connectivity index (χ3v) is 4.59. The van der Waals surface area contributed by atoms with Crippen LogP contribution in [0.15, 0.2) is 60.7 Å². The van der Waals surface area contributed by atoms with Gasteiger partial charge in [-0.15, -0.1) is 0 Å². The van der Waals surface area contributed by atoms with Gasteiger partial charge in [0, 0.05) is 0 Å². The Bertz CT molecular complexity index is 498. The monoisotopic (exact) mass is 326 g/mol. The molecule has 0 nitrogen and oxygen atoms in total. The first-order valence-corrected chi connectivity index (χ1v) is 9.18. The van der Waals surface area contributed by atoms with Crippen molar-refractivity contribution in [2.75, 3.05) is 0 Å². The Balaban J connectivity index is 0.000000777. The quantitative estimate of drug-likeness (QED) is 0.503. The maximum absolute atomic E-state index is 2.33. The zero-order valence-electron chi connectivity index (χ0n) is 15.6. The first-order chi connectivity index (χ1) is 11.1. The fourth-order valence-electron chi connectivity index (χ4n) is 2.61. The zero-order valence-corrected chi connectivity index (χ0v) is 15.6.